The average Bonchev–Trinajstić information content (AvgIpc) is 2.17. The predicted octanol–water partition coefficient (Wildman–Crippen LogP) is 3.20. The number of Topliss-reactive ketones (excluding diaryl/α,β-unsaturated/α-hetero) is 1. The molecule has 3 heteroatoms. The standard InChI is InChI=1S/C9H8BrIO/c10-5-9(12)8-3-1-7(6-11)2-4-8/h1-4H,5-6H2. The highest BCUT2D eigenvalue weighted by Gasteiger charge is 2.01. The third-order valence-corrected chi connectivity index (χ3v) is 2.94. The van der Waals surface area contributed by atoms with E-state index in [2.05, 4.69) is 38.5 Å². The Hall–Kier alpha value is 0.1000. The Morgan fingerprint density at radius 3 is 2.33 bits per heavy atom. The summed E-state index contributed by atoms with van der Waals surface area (Å²) in [7, 11) is 0. The zero-order valence-corrected chi connectivity index (χ0v) is 10.1. The molecule has 0 aromatic heterocycles. The van der Waals surface area contributed by atoms with Crippen molar-refractivity contribution >= 4 is 44.3 Å². The maximum absolute atomic E-state index is 11.2. The van der Waals surface area contributed by atoms with Gasteiger partial charge in [-0.25, -0.2) is 0 Å². The zero-order valence-electron chi connectivity index (χ0n) is 6.39. The molecule has 0 aliphatic rings. The number of hydrogen-bond acceptors (Lipinski definition) is 1. The van der Waals surface area contributed by atoms with E-state index < -0.39 is 0 Å². The second-order valence-electron chi connectivity index (χ2n) is 2.39. The van der Waals surface area contributed by atoms with Crippen LogP contribution in [-0.4, -0.2) is 11.1 Å². The van der Waals surface area contributed by atoms with Gasteiger partial charge >= 0.3 is 0 Å². The van der Waals surface area contributed by atoms with Crippen molar-refractivity contribution < 1.29 is 4.79 Å². The number of rotatable bonds is 3. The van der Waals surface area contributed by atoms with Crippen LogP contribution in [0.1, 0.15) is 15.9 Å². The van der Waals surface area contributed by atoms with Gasteiger partial charge in [0, 0.05) is 9.99 Å². The van der Waals surface area contributed by atoms with E-state index >= 15 is 0 Å². The fourth-order valence-corrected chi connectivity index (χ4v) is 1.69. The van der Waals surface area contributed by atoms with Crippen LogP contribution in [0.5, 0.6) is 0 Å². The third kappa shape index (κ3) is 2.55. The second-order valence-corrected chi connectivity index (χ2v) is 3.71. The quantitative estimate of drug-likeness (QED) is 0.470. The second kappa shape index (κ2) is 4.97. The van der Waals surface area contributed by atoms with Crippen LogP contribution in [0.15, 0.2) is 24.3 Å². The molecule has 0 radical (unpaired) electrons. The van der Waals surface area contributed by atoms with E-state index in [1.54, 1.807) is 0 Å². The Balaban J connectivity index is 2.84. The molecule has 0 saturated carbocycles. The summed E-state index contributed by atoms with van der Waals surface area (Å²) in [6.45, 7) is 0. The molecule has 64 valence electrons. The summed E-state index contributed by atoms with van der Waals surface area (Å²) in [5, 5.41) is 0.399. The van der Waals surface area contributed by atoms with Gasteiger partial charge in [0.15, 0.2) is 5.78 Å². The summed E-state index contributed by atoms with van der Waals surface area (Å²) in [6.07, 6.45) is 0. The highest BCUT2D eigenvalue weighted by molar-refractivity contribution is 14.1. The first-order valence-electron chi connectivity index (χ1n) is 3.52. The lowest BCUT2D eigenvalue weighted by Gasteiger charge is -1.98. The number of halogens is 2. The maximum Gasteiger partial charge on any atom is 0.173 e. The molecule has 0 aliphatic carbocycles. The highest BCUT2D eigenvalue weighted by atomic mass is 127. The molecule has 0 heterocycles. The Labute approximate surface area is 93.8 Å². The van der Waals surface area contributed by atoms with Crippen molar-refractivity contribution in [1.29, 1.82) is 0 Å². The van der Waals surface area contributed by atoms with E-state index in [-0.39, 0.29) is 5.78 Å². The molecule has 0 N–H and O–H groups in total. The van der Waals surface area contributed by atoms with Gasteiger partial charge in [0.2, 0.25) is 0 Å². The Bertz CT molecular complexity index is 268. The number of hydrogen-bond donors (Lipinski definition) is 0. The molecule has 0 spiro atoms. The van der Waals surface area contributed by atoms with E-state index in [0.29, 0.717) is 5.33 Å². The third-order valence-electron chi connectivity index (χ3n) is 1.55. The Morgan fingerprint density at radius 2 is 1.92 bits per heavy atom. The van der Waals surface area contributed by atoms with Crippen molar-refractivity contribution in [3.8, 4) is 0 Å². The van der Waals surface area contributed by atoms with Crippen molar-refractivity contribution in [2.24, 2.45) is 0 Å². The molecule has 0 aliphatic heterocycles. The lowest BCUT2D eigenvalue weighted by molar-refractivity contribution is 0.102. The fourth-order valence-electron chi connectivity index (χ4n) is 0.857. The van der Waals surface area contributed by atoms with Gasteiger partial charge in [0.05, 0.1) is 5.33 Å². The van der Waals surface area contributed by atoms with Gasteiger partial charge < -0.3 is 0 Å². The van der Waals surface area contributed by atoms with Crippen molar-refractivity contribution in [2.75, 3.05) is 5.33 Å². The van der Waals surface area contributed by atoms with Gasteiger partial charge in [-0.15, -0.1) is 0 Å². The van der Waals surface area contributed by atoms with Crippen LogP contribution in [0.4, 0.5) is 0 Å². The van der Waals surface area contributed by atoms with Crippen LogP contribution in [0, 0.1) is 0 Å². The monoisotopic (exact) mass is 338 g/mol. The van der Waals surface area contributed by atoms with Gasteiger partial charge in [-0.05, 0) is 5.56 Å². The minimum atomic E-state index is 0.134. The first-order valence-corrected chi connectivity index (χ1v) is 6.16. The number of ketones is 1. The summed E-state index contributed by atoms with van der Waals surface area (Å²) < 4.78 is 0.987. The molecule has 0 atom stereocenters. The molecular weight excluding hydrogens is 331 g/mol. The summed E-state index contributed by atoms with van der Waals surface area (Å²) in [6, 6.07) is 7.72. The molecule has 1 nitrogen and oxygen atoms in total. The van der Waals surface area contributed by atoms with Crippen LogP contribution in [-0.2, 0) is 4.43 Å². The molecule has 1 aromatic rings. The first-order chi connectivity index (χ1) is 5.77. The van der Waals surface area contributed by atoms with Crippen LogP contribution in [0.3, 0.4) is 0 Å². The van der Waals surface area contributed by atoms with E-state index in [4.69, 9.17) is 0 Å². The van der Waals surface area contributed by atoms with Crippen LogP contribution < -0.4 is 0 Å². The van der Waals surface area contributed by atoms with Crippen LogP contribution in [0.25, 0.3) is 0 Å². The molecule has 12 heavy (non-hydrogen) atoms. The zero-order chi connectivity index (χ0) is 8.97. The van der Waals surface area contributed by atoms with E-state index in [0.717, 1.165) is 9.99 Å². The van der Waals surface area contributed by atoms with Crippen molar-refractivity contribution in [2.45, 2.75) is 4.43 Å². The minimum Gasteiger partial charge on any atom is -0.293 e. The van der Waals surface area contributed by atoms with Gasteiger partial charge in [0.25, 0.3) is 0 Å². The largest absolute Gasteiger partial charge is 0.293 e. The lowest BCUT2D eigenvalue weighted by Crippen LogP contribution is -1.99. The van der Waals surface area contributed by atoms with E-state index in [9.17, 15) is 4.79 Å². The van der Waals surface area contributed by atoms with Gasteiger partial charge in [-0.3, -0.25) is 4.79 Å². The number of carbonyl (C=O) groups excluding carboxylic acids is 1. The van der Waals surface area contributed by atoms with Crippen LogP contribution >= 0.6 is 38.5 Å². The molecule has 0 unspecified atom stereocenters. The lowest BCUT2D eigenvalue weighted by atomic mass is 10.1. The molecule has 1 rings (SSSR count). The minimum absolute atomic E-state index is 0.134. The topological polar surface area (TPSA) is 17.1 Å². The van der Waals surface area contributed by atoms with Gasteiger partial charge in [-0.1, -0.05) is 62.8 Å². The molecular formula is C9H8BrIO. The predicted molar refractivity (Wildman–Crippen MR) is 62.3 cm³/mol. The number of alkyl halides is 2. The van der Waals surface area contributed by atoms with Gasteiger partial charge in [-0.2, -0.15) is 0 Å². The van der Waals surface area contributed by atoms with Crippen molar-refractivity contribution in [3.05, 3.63) is 35.4 Å². The molecule has 0 saturated heterocycles. The summed E-state index contributed by atoms with van der Waals surface area (Å²) in [4.78, 5) is 11.2. The molecule has 0 fully saturated rings. The molecule has 1 aromatic carbocycles. The maximum atomic E-state index is 11.2. The number of benzene rings is 1. The van der Waals surface area contributed by atoms with E-state index in [1.165, 1.54) is 5.56 Å². The van der Waals surface area contributed by atoms with E-state index in [1.807, 2.05) is 24.3 Å². The summed E-state index contributed by atoms with van der Waals surface area (Å²) in [5.41, 5.74) is 2.03. The van der Waals surface area contributed by atoms with Crippen molar-refractivity contribution in [3.63, 3.8) is 0 Å². The summed E-state index contributed by atoms with van der Waals surface area (Å²) >= 11 is 5.43. The Morgan fingerprint density at radius 1 is 1.33 bits per heavy atom. The smallest absolute Gasteiger partial charge is 0.173 e. The van der Waals surface area contributed by atoms with Crippen molar-refractivity contribution in [1.82, 2.24) is 0 Å². The SMILES string of the molecule is O=C(CBr)c1ccc(CI)cc1. The summed E-state index contributed by atoms with van der Waals surface area (Å²) in [5.74, 6) is 0.134. The highest BCUT2D eigenvalue weighted by Crippen LogP contribution is 2.09. The molecule has 0 bridgehead atoms. The Kier molecular flexibility index (Phi) is 4.21. The van der Waals surface area contributed by atoms with Gasteiger partial charge in [0.1, 0.15) is 0 Å². The number of carbonyl (C=O) groups is 1. The molecule has 0 amide bonds. The average molecular weight is 339 g/mol. The van der Waals surface area contributed by atoms with Crippen LogP contribution in [0.2, 0.25) is 0 Å². The normalized spacial score (nSPS) is 9.83. The fraction of sp³-hybridized carbons (Fsp3) is 0.222. The first kappa shape index (κ1) is 10.2.